The molecule has 54 heavy (non-hydrogen) atoms. The van der Waals surface area contributed by atoms with Crippen molar-refractivity contribution in [3.8, 4) is 0 Å². The number of esters is 2. The molecular formula is C21H35Na7O22P4. The first-order valence-corrected chi connectivity index (χ1v) is 19.8. The zero-order valence-electron chi connectivity index (χ0n) is 32.0. The van der Waals surface area contributed by atoms with Crippen LogP contribution >= 0.6 is 31.3 Å². The van der Waals surface area contributed by atoms with Crippen LogP contribution in [-0.2, 0) is 59.9 Å². The standard InChI is InChI=1S/C21H42O22P4.7Na/c1-3-5-7-9-14(22)37-11-13(39-15(23)10-8-6-4-2)12-38-47(35,36)43-18-16(24)19(40-44(26,27)28)21(42-46(32,33)34)20(17(18)25)41-45(29,30)31;;;;;;;/h13,16-21,24-25H,3-12H2,1-2H3,(H,35,36)(H2,26,27,28)(H2,29,30,31)(H2,32,33,34);;;;;;;/q;7*+1/p-7/t13-,16+,17+,18?,19-,20+,21?;;;;;;;/m1......./s1. The molecule has 0 aliphatic heterocycles. The predicted octanol–water partition coefficient (Wildman–Crippen LogP) is -25.1. The number of aliphatic hydroxyl groups is 2. The van der Waals surface area contributed by atoms with Crippen LogP contribution < -0.4 is 241 Å². The Kier molecular flexibility index (Phi) is 50.5. The van der Waals surface area contributed by atoms with Crippen molar-refractivity contribution in [1.29, 1.82) is 0 Å². The SMILES string of the molecule is CCCCCC(=O)OC[C@H](COP(=O)([O-])OC1[C@H](O)[C@H](OP(=O)([O-])[O-])C(OP(=O)([O-])[O-])[C@H](OP(=O)([O-])[O-])[C@H]1O)OC(=O)CCCCC.[Na+].[Na+].[Na+].[Na+].[Na+].[Na+].[Na+]. The average Bonchev–Trinajstić information content (AvgIpc) is 2.91. The van der Waals surface area contributed by atoms with Gasteiger partial charge >= 0.3 is 219 Å². The van der Waals surface area contributed by atoms with Crippen LogP contribution in [0.15, 0.2) is 0 Å². The Labute approximate surface area is 467 Å². The molecule has 1 aliphatic rings. The minimum absolute atomic E-state index is 0. The molecular weight excluding hydrogens is 889 g/mol. The van der Waals surface area contributed by atoms with Crippen LogP contribution in [0, 0.1) is 0 Å². The molecule has 0 amide bonds. The molecule has 278 valence electrons. The fourth-order valence-corrected chi connectivity index (χ4v) is 6.68. The van der Waals surface area contributed by atoms with Crippen molar-refractivity contribution >= 4 is 43.2 Å². The molecule has 0 heterocycles. The number of unbranched alkanes of at least 4 members (excludes halogenated alkanes) is 4. The van der Waals surface area contributed by atoms with Gasteiger partial charge in [-0.1, -0.05) is 39.5 Å². The Morgan fingerprint density at radius 1 is 0.556 bits per heavy atom. The molecule has 3 unspecified atom stereocenters. The Hall–Kier alpha value is 6.30. The first kappa shape index (κ1) is 74.6. The largest absolute Gasteiger partial charge is 1.00 e. The summed E-state index contributed by atoms with van der Waals surface area (Å²) in [4.78, 5) is 104. The number of hydrogen-bond acceptors (Lipinski definition) is 22. The Balaban J connectivity index is -0.000000631. The van der Waals surface area contributed by atoms with E-state index in [0.717, 1.165) is 12.8 Å². The minimum Gasteiger partial charge on any atom is -0.790 e. The van der Waals surface area contributed by atoms with Gasteiger partial charge in [-0.3, -0.25) is 14.2 Å². The van der Waals surface area contributed by atoms with E-state index in [9.17, 15) is 72.3 Å². The van der Waals surface area contributed by atoms with E-state index in [1.807, 2.05) is 13.8 Å². The summed E-state index contributed by atoms with van der Waals surface area (Å²) in [6.07, 6.45) is -15.9. The molecule has 0 aromatic carbocycles. The van der Waals surface area contributed by atoms with E-state index >= 15 is 0 Å². The summed E-state index contributed by atoms with van der Waals surface area (Å²) < 4.78 is 77.4. The van der Waals surface area contributed by atoms with E-state index in [1.54, 1.807) is 0 Å². The zero-order valence-corrected chi connectivity index (χ0v) is 49.5. The number of rotatable bonds is 22. The molecule has 1 rings (SSSR count). The van der Waals surface area contributed by atoms with E-state index in [4.69, 9.17) is 9.47 Å². The monoisotopic (exact) mass is 924 g/mol. The second-order valence-electron chi connectivity index (χ2n) is 10.1. The second-order valence-corrected chi connectivity index (χ2v) is 14.7. The second kappa shape index (κ2) is 36.5. The van der Waals surface area contributed by atoms with Gasteiger partial charge in [0, 0.05) is 12.8 Å². The third-order valence-electron chi connectivity index (χ3n) is 6.11. The molecule has 0 aromatic heterocycles. The number of phosphoric ester groups is 4. The maximum atomic E-state index is 12.7. The van der Waals surface area contributed by atoms with Crippen LogP contribution in [0.25, 0.3) is 0 Å². The molecule has 0 saturated heterocycles. The Morgan fingerprint density at radius 3 is 1.30 bits per heavy atom. The summed E-state index contributed by atoms with van der Waals surface area (Å²) in [5.41, 5.74) is 0. The normalized spacial score (nSPS) is 22.6. The van der Waals surface area contributed by atoms with E-state index in [1.165, 1.54) is 0 Å². The molecule has 0 radical (unpaired) electrons. The Morgan fingerprint density at radius 2 is 0.926 bits per heavy atom. The van der Waals surface area contributed by atoms with Gasteiger partial charge < -0.3 is 90.3 Å². The van der Waals surface area contributed by atoms with Crippen molar-refractivity contribution in [2.45, 2.75) is 108 Å². The van der Waals surface area contributed by atoms with Gasteiger partial charge in [-0.2, -0.15) is 0 Å². The van der Waals surface area contributed by atoms with Gasteiger partial charge in [-0.25, -0.2) is 0 Å². The zero-order chi connectivity index (χ0) is 36.2. The number of aliphatic hydroxyl groups excluding tert-OH is 2. The smallest absolute Gasteiger partial charge is 0.790 e. The van der Waals surface area contributed by atoms with Gasteiger partial charge in [-0.15, -0.1) is 0 Å². The molecule has 22 nitrogen and oxygen atoms in total. The number of carbonyl (C=O) groups is 2. The Bertz CT molecular complexity index is 1170. The predicted molar refractivity (Wildman–Crippen MR) is 137 cm³/mol. The van der Waals surface area contributed by atoms with Crippen LogP contribution in [-0.4, -0.2) is 78.1 Å². The molecule has 8 atom stereocenters. The number of carbonyl (C=O) groups excluding carboxylic acids is 2. The minimum atomic E-state index is -6.35. The molecule has 33 heteroatoms. The van der Waals surface area contributed by atoms with Crippen LogP contribution in [0.4, 0.5) is 0 Å². The summed E-state index contributed by atoms with van der Waals surface area (Å²) >= 11 is 0. The van der Waals surface area contributed by atoms with Crippen LogP contribution in [0.2, 0.25) is 0 Å². The van der Waals surface area contributed by atoms with E-state index in [-0.39, 0.29) is 220 Å². The maximum absolute atomic E-state index is 12.7. The quantitative estimate of drug-likeness (QED) is 0.0440. The van der Waals surface area contributed by atoms with Crippen molar-refractivity contribution in [1.82, 2.24) is 0 Å². The van der Waals surface area contributed by atoms with Crippen molar-refractivity contribution in [3.63, 3.8) is 0 Å². The van der Waals surface area contributed by atoms with E-state index in [2.05, 4.69) is 22.6 Å². The van der Waals surface area contributed by atoms with Crippen LogP contribution in [0.1, 0.15) is 65.2 Å². The summed E-state index contributed by atoms with van der Waals surface area (Å²) in [5.74, 6) is -1.56. The van der Waals surface area contributed by atoms with Gasteiger partial charge in [0.05, 0.1) is 30.1 Å². The number of hydrogen-bond donors (Lipinski definition) is 2. The van der Waals surface area contributed by atoms with Crippen molar-refractivity contribution in [3.05, 3.63) is 0 Å². The molecule has 1 saturated carbocycles. The van der Waals surface area contributed by atoms with Gasteiger partial charge in [0.1, 0.15) is 43.2 Å². The third-order valence-corrected chi connectivity index (χ3v) is 8.58. The molecule has 1 aliphatic carbocycles. The summed E-state index contributed by atoms with van der Waals surface area (Å²) in [7, 11) is -25.0. The fourth-order valence-electron chi connectivity index (χ4n) is 4.10. The third kappa shape index (κ3) is 33.8. The van der Waals surface area contributed by atoms with Crippen LogP contribution in [0.3, 0.4) is 0 Å². The number of phosphoric acid groups is 4. The molecule has 1 fully saturated rings. The van der Waals surface area contributed by atoms with Gasteiger partial charge in [0.15, 0.2) is 6.10 Å². The number of ether oxygens (including phenoxy) is 2. The van der Waals surface area contributed by atoms with Crippen LogP contribution in [0.5, 0.6) is 0 Å². The van der Waals surface area contributed by atoms with E-state index in [0.29, 0.717) is 25.7 Å². The van der Waals surface area contributed by atoms with Gasteiger partial charge in [0.2, 0.25) is 0 Å². The van der Waals surface area contributed by atoms with E-state index < -0.39 is 99.2 Å². The molecule has 0 bridgehead atoms. The van der Waals surface area contributed by atoms with Gasteiger partial charge in [0.25, 0.3) is 7.82 Å². The first-order chi connectivity index (χ1) is 21.5. The first-order valence-electron chi connectivity index (χ1n) is 13.9. The summed E-state index contributed by atoms with van der Waals surface area (Å²) in [5, 5.41) is 21.1. The summed E-state index contributed by atoms with van der Waals surface area (Å²) in [6.45, 7) is 1.90. The average molecular weight is 924 g/mol. The molecule has 0 spiro atoms. The van der Waals surface area contributed by atoms with Gasteiger partial charge in [-0.05, 0) is 12.8 Å². The maximum Gasteiger partial charge on any atom is 1.00 e. The van der Waals surface area contributed by atoms with Crippen molar-refractivity contribution in [2.75, 3.05) is 13.2 Å². The van der Waals surface area contributed by atoms with Crippen molar-refractivity contribution in [2.24, 2.45) is 0 Å². The van der Waals surface area contributed by atoms with Crippen molar-refractivity contribution < 1.29 is 311 Å². The fraction of sp³-hybridized carbons (Fsp3) is 0.905. The molecule has 2 N–H and O–H groups in total. The topological polar surface area (TPSA) is 369 Å². The summed E-state index contributed by atoms with van der Waals surface area (Å²) in [6, 6.07) is 0. The molecule has 0 aromatic rings.